The number of aryl methyl sites for hydroxylation is 1. The molecule has 160 valence electrons. The van der Waals surface area contributed by atoms with E-state index in [1.54, 1.807) is 32.0 Å². The lowest BCUT2D eigenvalue weighted by molar-refractivity contribution is -0.384. The van der Waals surface area contributed by atoms with Gasteiger partial charge in [0.05, 0.1) is 9.82 Å². The average molecular weight is 433 g/mol. The van der Waals surface area contributed by atoms with Crippen molar-refractivity contribution in [3.05, 3.63) is 57.6 Å². The third kappa shape index (κ3) is 4.60. The van der Waals surface area contributed by atoms with E-state index in [-0.39, 0.29) is 22.4 Å². The molecule has 3 N–H and O–H groups in total. The molecule has 30 heavy (non-hydrogen) atoms. The van der Waals surface area contributed by atoms with Gasteiger partial charge in [-0.1, -0.05) is 12.1 Å². The summed E-state index contributed by atoms with van der Waals surface area (Å²) in [6, 6.07) is 9.41. The summed E-state index contributed by atoms with van der Waals surface area (Å²) in [4.78, 5) is 25.5. The smallest absolute Gasteiger partial charge is 0.292 e. The SMILES string of the molecule is Cc1cc(S(N)(=O)=O)cc(NC(=O)C2CCN(c3ccccc3[N+](=O)[O-])CC2)c1C. The third-order valence-corrected chi connectivity index (χ3v) is 6.40. The van der Waals surface area contributed by atoms with E-state index in [9.17, 15) is 23.3 Å². The Morgan fingerprint density at radius 3 is 2.43 bits per heavy atom. The van der Waals surface area contributed by atoms with Crippen LogP contribution in [0.15, 0.2) is 41.3 Å². The maximum Gasteiger partial charge on any atom is 0.292 e. The van der Waals surface area contributed by atoms with Gasteiger partial charge in [-0.2, -0.15) is 0 Å². The number of benzene rings is 2. The number of para-hydroxylation sites is 2. The summed E-state index contributed by atoms with van der Waals surface area (Å²) in [6.07, 6.45) is 1.07. The van der Waals surface area contributed by atoms with Crippen molar-refractivity contribution in [3.63, 3.8) is 0 Å². The highest BCUT2D eigenvalue weighted by Gasteiger charge is 2.28. The first kappa shape index (κ1) is 21.7. The van der Waals surface area contributed by atoms with Crippen LogP contribution in [0.5, 0.6) is 0 Å². The standard InChI is InChI=1S/C20H24N4O5S/c1-13-11-16(30(21,28)29)12-17(14(13)2)22-20(25)15-7-9-23(10-8-15)18-5-3-4-6-19(18)24(26)27/h3-6,11-12,15H,7-10H2,1-2H3,(H,22,25)(H2,21,28,29). The molecule has 0 spiro atoms. The number of sulfonamides is 1. The lowest BCUT2D eigenvalue weighted by Crippen LogP contribution is -2.38. The first-order valence-corrected chi connectivity index (χ1v) is 11.1. The summed E-state index contributed by atoms with van der Waals surface area (Å²) in [7, 11) is -3.89. The van der Waals surface area contributed by atoms with Gasteiger partial charge in [0.2, 0.25) is 15.9 Å². The third-order valence-electron chi connectivity index (χ3n) is 5.51. The number of rotatable bonds is 5. The maximum absolute atomic E-state index is 12.8. The minimum Gasteiger partial charge on any atom is -0.366 e. The Hall–Kier alpha value is -2.98. The lowest BCUT2D eigenvalue weighted by Gasteiger charge is -2.32. The summed E-state index contributed by atoms with van der Waals surface area (Å²) in [5.74, 6) is -0.479. The highest BCUT2D eigenvalue weighted by molar-refractivity contribution is 7.89. The van der Waals surface area contributed by atoms with Crippen molar-refractivity contribution in [2.24, 2.45) is 11.1 Å². The van der Waals surface area contributed by atoms with E-state index >= 15 is 0 Å². The van der Waals surface area contributed by atoms with Gasteiger partial charge in [-0.25, -0.2) is 13.6 Å². The molecule has 0 atom stereocenters. The zero-order valence-electron chi connectivity index (χ0n) is 16.8. The fraction of sp³-hybridized carbons (Fsp3) is 0.350. The van der Waals surface area contributed by atoms with Crippen LogP contribution in [0.1, 0.15) is 24.0 Å². The number of nitro benzene ring substituents is 1. The quantitative estimate of drug-likeness (QED) is 0.551. The van der Waals surface area contributed by atoms with Crippen molar-refractivity contribution in [1.82, 2.24) is 0 Å². The van der Waals surface area contributed by atoms with E-state index in [0.717, 1.165) is 5.56 Å². The zero-order chi connectivity index (χ0) is 22.1. The first-order chi connectivity index (χ1) is 14.1. The molecule has 1 aliphatic heterocycles. The van der Waals surface area contributed by atoms with Crippen LogP contribution >= 0.6 is 0 Å². The number of carbonyl (C=O) groups is 1. The summed E-state index contributed by atoms with van der Waals surface area (Å²) < 4.78 is 23.4. The minimum atomic E-state index is -3.89. The van der Waals surface area contributed by atoms with Crippen molar-refractivity contribution in [1.29, 1.82) is 0 Å². The van der Waals surface area contributed by atoms with E-state index in [0.29, 0.717) is 42.9 Å². The average Bonchev–Trinajstić information content (AvgIpc) is 2.70. The number of primary sulfonamides is 1. The Balaban J connectivity index is 1.71. The zero-order valence-corrected chi connectivity index (χ0v) is 17.6. The monoisotopic (exact) mass is 432 g/mol. The highest BCUT2D eigenvalue weighted by atomic mass is 32.2. The van der Waals surface area contributed by atoms with Crippen molar-refractivity contribution < 1.29 is 18.1 Å². The maximum atomic E-state index is 12.8. The van der Waals surface area contributed by atoms with Crippen LogP contribution in [0.25, 0.3) is 0 Å². The number of carbonyl (C=O) groups excluding carboxylic acids is 1. The van der Waals surface area contributed by atoms with E-state index in [1.165, 1.54) is 18.2 Å². The Kier molecular flexibility index (Phi) is 6.09. The van der Waals surface area contributed by atoms with Gasteiger partial charge in [0.25, 0.3) is 5.69 Å². The minimum absolute atomic E-state index is 0.0475. The van der Waals surface area contributed by atoms with Gasteiger partial charge in [0.15, 0.2) is 0 Å². The Morgan fingerprint density at radius 2 is 1.83 bits per heavy atom. The van der Waals surface area contributed by atoms with E-state index in [4.69, 9.17) is 5.14 Å². The first-order valence-electron chi connectivity index (χ1n) is 9.51. The van der Waals surface area contributed by atoms with Crippen molar-refractivity contribution in [2.45, 2.75) is 31.6 Å². The number of hydrogen-bond donors (Lipinski definition) is 2. The molecule has 1 fully saturated rings. The number of amides is 1. The Morgan fingerprint density at radius 1 is 1.20 bits per heavy atom. The molecule has 0 bridgehead atoms. The van der Waals surface area contributed by atoms with E-state index in [1.807, 2.05) is 4.90 Å². The number of piperidine rings is 1. The van der Waals surface area contributed by atoms with Crippen molar-refractivity contribution in [2.75, 3.05) is 23.3 Å². The van der Waals surface area contributed by atoms with Crippen LogP contribution in [0.4, 0.5) is 17.1 Å². The molecule has 1 aliphatic rings. The van der Waals surface area contributed by atoms with Crippen LogP contribution in [0.2, 0.25) is 0 Å². The number of nitrogens with zero attached hydrogens (tertiary/aromatic N) is 2. The molecule has 0 saturated carbocycles. The predicted molar refractivity (Wildman–Crippen MR) is 114 cm³/mol. The molecule has 2 aromatic carbocycles. The van der Waals surface area contributed by atoms with Crippen LogP contribution in [0, 0.1) is 29.9 Å². The van der Waals surface area contributed by atoms with Crippen LogP contribution < -0.4 is 15.4 Å². The fourth-order valence-electron chi connectivity index (χ4n) is 3.62. The molecule has 1 saturated heterocycles. The molecular formula is C20H24N4O5S. The molecule has 10 heteroatoms. The number of nitrogens with one attached hydrogen (secondary N) is 1. The summed E-state index contributed by atoms with van der Waals surface area (Å²) in [6.45, 7) is 4.58. The Bertz CT molecular complexity index is 1090. The second-order valence-corrected chi connectivity index (χ2v) is 9.02. The normalized spacial score (nSPS) is 15.1. The molecule has 1 heterocycles. The molecule has 3 rings (SSSR count). The second kappa shape index (κ2) is 8.41. The molecule has 1 amide bonds. The van der Waals surface area contributed by atoms with Crippen LogP contribution in [-0.4, -0.2) is 32.3 Å². The van der Waals surface area contributed by atoms with Gasteiger partial charge in [0.1, 0.15) is 5.69 Å². The van der Waals surface area contributed by atoms with Gasteiger partial charge in [-0.05, 0) is 56.0 Å². The topological polar surface area (TPSA) is 136 Å². The highest BCUT2D eigenvalue weighted by Crippen LogP contribution is 2.32. The van der Waals surface area contributed by atoms with E-state index in [2.05, 4.69) is 5.32 Å². The molecule has 2 aromatic rings. The van der Waals surface area contributed by atoms with Gasteiger partial charge in [0, 0.05) is 30.8 Å². The lowest BCUT2D eigenvalue weighted by atomic mass is 9.95. The van der Waals surface area contributed by atoms with Crippen molar-refractivity contribution in [3.8, 4) is 0 Å². The van der Waals surface area contributed by atoms with Crippen molar-refractivity contribution >= 4 is 33.0 Å². The fourth-order valence-corrected chi connectivity index (χ4v) is 4.25. The van der Waals surface area contributed by atoms with Gasteiger partial charge in [-0.15, -0.1) is 0 Å². The number of anilines is 2. The molecule has 0 unspecified atom stereocenters. The number of nitro groups is 1. The van der Waals surface area contributed by atoms with E-state index < -0.39 is 14.9 Å². The largest absolute Gasteiger partial charge is 0.366 e. The second-order valence-electron chi connectivity index (χ2n) is 7.45. The van der Waals surface area contributed by atoms with Gasteiger partial charge in [-0.3, -0.25) is 14.9 Å². The van der Waals surface area contributed by atoms with Crippen LogP contribution in [-0.2, 0) is 14.8 Å². The predicted octanol–water partition coefficient (Wildman–Crippen LogP) is 2.71. The number of hydrogen-bond acceptors (Lipinski definition) is 6. The van der Waals surface area contributed by atoms with Gasteiger partial charge < -0.3 is 10.2 Å². The summed E-state index contributed by atoms with van der Waals surface area (Å²) in [5, 5.41) is 19.3. The molecule has 0 aromatic heterocycles. The molecule has 0 aliphatic carbocycles. The summed E-state index contributed by atoms with van der Waals surface area (Å²) >= 11 is 0. The van der Waals surface area contributed by atoms with Gasteiger partial charge >= 0.3 is 0 Å². The Labute approximate surface area is 175 Å². The summed E-state index contributed by atoms with van der Waals surface area (Å²) in [5.41, 5.74) is 2.50. The molecule has 0 radical (unpaired) electrons. The molecular weight excluding hydrogens is 408 g/mol. The molecule has 9 nitrogen and oxygen atoms in total. The number of nitrogens with two attached hydrogens (primary N) is 1. The van der Waals surface area contributed by atoms with Crippen LogP contribution in [0.3, 0.4) is 0 Å².